The summed E-state index contributed by atoms with van der Waals surface area (Å²) in [6, 6.07) is 50.8. The van der Waals surface area contributed by atoms with Crippen LogP contribution in [0.5, 0.6) is 0 Å². The summed E-state index contributed by atoms with van der Waals surface area (Å²) < 4.78 is 71.0. The summed E-state index contributed by atoms with van der Waals surface area (Å²) in [7, 11) is -7.34. The molecule has 15 rings (SSSR count). The van der Waals surface area contributed by atoms with Crippen molar-refractivity contribution < 1.29 is 131 Å². The van der Waals surface area contributed by atoms with Gasteiger partial charge < -0.3 is 94.7 Å². The maximum atomic E-state index is 14.9. The lowest BCUT2D eigenvalue weighted by molar-refractivity contribution is -0.433. The smallest absolute Gasteiger partial charge is 0.333 e. The average molecular weight is 2150 g/mol. The summed E-state index contributed by atoms with van der Waals surface area (Å²) in [4.78, 5) is 116. The van der Waals surface area contributed by atoms with Crippen LogP contribution in [-0.4, -0.2) is 175 Å². The Kier molecular flexibility index (Phi) is 35.2. The molecular weight excluding hydrogens is 2020 g/mol. The summed E-state index contributed by atoms with van der Waals surface area (Å²) >= 11 is 0. The number of fused-ring (bicyclic) bond motifs is 12. The molecule has 738 valence electrons. The molecule has 8 aromatic carbocycles. The Balaban J connectivity index is 0.000000259. The van der Waals surface area contributed by atoms with Gasteiger partial charge in [-0.05, 0) is 227 Å². The molecule has 1 fully saturated rings. The van der Waals surface area contributed by atoms with Crippen molar-refractivity contribution in [2.75, 3.05) is 80.7 Å². The summed E-state index contributed by atoms with van der Waals surface area (Å²) in [5.74, 6) is -6.52. The highest BCUT2D eigenvalue weighted by molar-refractivity contribution is 7.86. The maximum absolute atomic E-state index is 14.9. The van der Waals surface area contributed by atoms with E-state index in [1.165, 1.54) is 50.8 Å². The number of aliphatic carboxylic acids is 1. The fourth-order valence-corrected chi connectivity index (χ4v) is 22.1. The number of carboxylic acids is 1. The van der Waals surface area contributed by atoms with Crippen LogP contribution in [0.15, 0.2) is 240 Å². The molecule has 0 radical (unpaired) electrons. The number of carboxylic acid groups (broad SMARTS) is 1. The Hall–Kier alpha value is -11.1. The van der Waals surface area contributed by atoms with Crippen LogP contribution in [0.25, 0.3) is 43.1 Å². The topological polar surface area (TPSA) is 365 Å². The molecule has 9 N–H and O–H groups in total. The van der Waals surface area contributed by atoms with E-state index in [0.29, 0.717) is 67.8 Å². The zero-order valence-electron chi connectivity index (χ0n) is 81.6. The second-order valence-corrected chi connectivity index (χ2v) is 41.3. The number of amides is 6. The van der Waals surface area contributed by atoms with Crippen LogP contribution in [0.2, 0.25) is 0 Å². The lowest BCUT2D eigenvalue weighted by Gasteiger charge is -2.35. The van der Waals surface area contributed by atoms with Gasteiger partial charge in [0, 0.05) is 134 Å². The Morgan fingerprint density at radius 1 is 0.424 bits per heavy atom. The van der Waals surface area contributed by atoms with E-state index in [2.05, 4.69) is 281 Å². The van der Waals surface area contributed by atoms with Crippen LogP contribution in [-0.2, 0) is 85.1 Å². The monoisotopic (exact) mass is 2150 g/mol. The summed E-state index contributed by atoms with van der Waals surface area (Å²) in [5.41, 5.74) is 16.0. The summed E-state index contributed by atoms with van der Waals surface area (Å²) in [6.45, 7) is 28.7. The molecule has 139 heavy (non-hydrogen) atoms. The van der Waals surface area contributed by atoms with E-state index in [0.717, 1.165) is 91.3 Å². The van der Waals surface area contributed by atoms with Crippen LogP contribution in [0, 0.1) is 10.8 Å². The second-order valence-electron chi connectivity index (χ2n) is 38.2. The number of carbonyl (C=O) groups is 8. The van der Waals surface area contributed by atoms with Crippen molar-refractivity contribution in [3.05, 3.63) is 262 Å². The van der Waals surface area contributed by atoms with E-state index >= 15 is 0 Å². The second kappa shape index (κ2) is 45.2. The Bertz CT molecular complexity index is 6720. The minimum Gasteiger partial charge on any atom is -1.00 e. The van der Waals surface area contributed by atoms with E-state index in [1.807, 2.05) is 54.6 Å². The quantitative estimate of drug-likeness (QED) is 0.00473. The number of hydrogen-bond acceptors (Lipinski definition) is 16. The van der Waals surface area contributed by atoms with Crippen LogP contribution in [0.4, 0.5) is 22.7 Å². The predicted molar refractivity (Wildman–Crippen MR) is 542 cm³/mol. The van der Waals surface area contributed by atoms with E-state index in [4.69, 9.17) is 9.94 Å². The molecule has 5 aliphatic heterocycles. The van der Waals surface area contributed by atoms with Gasteiger partial charge >= 0.3 is 11.9 Å². The van der Waals surface area contributed by atoms with Crippen molar-refractivity contribution in [3.8, 4) is 0 Å². The number of nitrogens with one attached hydrogen (secondary N) is 4. The SMILES string of the molecule is CCN1/C(=C/C=C2C=C(/C=C/C3=[N+](CC)c4ccc5ccccc5c4C3(C)C)CC(C(=O)NCCCCCC(=O)O)(C(=O)NCCS(=O)(=O)O)C/2)C(C)(C)c2c1ccc1ccccc21.CCN1/C(=C/C=C2C=C(/C=C/C3=[N+](CC)c4ccc5ccccc5c4C3(C)C)CC(C(=O)NCCCCCC(=O)ON3C(=O)CCC3=O)(C(=O)NCCS(=O)(=O)O)C/2)C(C)(C)c2c1ccc1ccccc21.CN.[I-].[I-]. The lowest BCUT2D eigenvalue weighted by Crippen LogP contribution is -3.00. The Morgan fingerprint density at radius 2 is 0.763 bits per heavy atom. The number of benzene rings is 8. The lowest BCUT2D eigenvalue weighted by atomic mass is 9.70. The fourth-order valence-electron chi connectivity index (χ4n) is 21.3. The number of imide groups is 1. The predicted octanol–water partition coefficient (Wildman–Crippen LogP) is 11.2. The number of unbranched alkanes of at least 4 members (excludes halogenated alkanes) is 4. The molecule has 2 atom stereocenters. The number of allylic oxidation sites excluding steroid dienone is 16. The van der Waals surface area contributed by atoms with E-state index in [9.17, 15) is 64.3 Å². The summed E-state index contributed by atoms with van der Waals surface area (Å²) in [6.07, 6.45) is 23.3. The van der Waals surface area contributed by atoms with Crippen molar-refractivity contribution in [3.63, 3.8) is 0 Å². The van der Waals surface area contributed by atoms with Gasteiger partial charge in [-0.2, -0.15) is 26.0 Å². The van der Waals surface area contributed by atoms with Gasteiger partial charge in [-0.15, -0.1) is 5.06 Å². The van der Waals surface area contributed by atoms with Gasteiger partial charge in [0.2, 0.25) is 35.0 Å². The first-order valence-electron chi connectivity index (χ1n) is 47.7. The standard InChI is InChI=1S/C56H63N5O9S.C52H60N4O7S.CH5N.2HI/c1-7-59-43-25-23-39-16-11-13-18-41(39)50(43)54(3,4)45(59)27-21-37-34-38(22-28-46-55(5,6)51-42-19-14-12-17-40(42)24-26-44(51)60(46)8-2)36-56(35-37,53(66)58-32-33-71(67,68)69)52(65)57-31-15-9-10-20-49(64)70-61-47(62)29-30-48(61)63;1-7-55-41-25-23-37-16-11-13-18-39(37)46(41)50(3,4)43(55)27-21-35-32-36(22-28-44-51(5,6)47-40-19-14-12-17-38(40)24-26-42(47)56(44)8-2)34-52(33-35,49(60)54-30-31-64(61,62)63)48(59)53-29-15-9-10-20-45(57)58;1-2;;/h11-14,16-19,21-28,34H,7-10,15,20,29-33,35-36H2,1-6H3,(H2-,57,58,65,66,67,68,69);11-14,16-19,21-28,32H,7-10,15,20,29-31,33-34H2,1-6H3,(H3-,53,54,57,58,59,60,61,62,63);2H2,1H3;2*1H. The molecule has 2 aliphatic carbocycles. The number of nitrogens with zero attached hydrogens (tertiary/aromatic N) is 5. The molecule has 8 aromatic rings. The first-order chi connectivity index (χ1) is 65.2. The molecule has 26 nitrogen and oxygen atoms in total. The largest absolute Gasteiger partial charge is 1.00 e. The Morgan fingerprint density at radius 3 is 1.11 bits per heavy atom. The molecule has 30 heteroatoms. The molecular formula is C109H130I2N10O16S2. The van der Waals surface area contributed by atoms with Gasteiger partial charge in [-0.3, -0.25) is 42.7 Å². The number of carbonyl (C=O) groups excluding carboxylic acids is 7. The van der Waals surface area contributed by atoms with Gasteiger partial charge in [-0.1, -0.05) is 186 Å². The maximum Gasteiger partial charge on any atom is 0.333 e. The number of hydroxylamine groups is 2. The van der Waals surface area contributed by atoms with Crippen LogP contribution in [0.1, 0.15) is 195 Å². The highest BCUT2D eigenvalue weighted by Gasteiger charge is 2.53. The molecule has 0 bridgehead atoms. The van der Waals surface area contributed by atoms with Crippen molar-refractivity contribution in [1.82, 2.24) is 26.3 Å². The molecule has 5 heterocycles. The van der Waals surface area contributed by atoms with Crippen molar-refractivity contribution in [2.24, 2.45) is 16.6 Å². The highest BCUT2D eigenvalue weighted by atomic mass is 127. The van der Waals surface area contributed by atoms with Crippen molar-refractivity contribution in [1.29, 1.82) is 0 Å². The number of likely N-dealkylation sites (N-methyl/N-ethyl adjacent to an activating group) is 2. The number of anilines is 2. The number of halogens is 2. The van der Waals surface area contributed by atoms with Gasteiger partial charge in [0.25, 0.3) is 32.1 Å². The zero-order valence-corrected chi connectivity index (χ0v) is 87.6. The third-order valence-corrected chi connectivity index (χ3v) is 29.2. The van der Waals surface area contributed by atoms with E-state index in [1.54, 1.807) is 0 Å². The van der Waals surface area contributed by atoms with Gasteiger partial charge in [-0.25, -0.2) is 4.79 Å². The minimum atomic E-state index is -4.44. The van der Waals surface area contributed by atoms with Crippen LogP contribution >= 0.6 is 0 Å². The molecule has 1 saturated heterocycles. The first kappa shape index (κ1) is 108. The molecule has 0 spiro atoms. The number of rotatable bonds is 33. The highest BCUT2D eigenvalue weighted by Crippen LogP contribution is 2.55. The molecule has 6 amide bonds. The molecule has 2 unspecified atom stereocenters. The number of nitrogens with two attached hydrogens (primary N) is 1. The molecule has 7 aliphatic rings. The summed E-state index contributed by atoms with van der Waals surface area (Å²) in [5, 5.41) is 30.3. The molecule has 0 saturated carbocycles. The molecule has 0 aromatic heterocycles. The van der Waals surface area contributed by atoms with Gasteiger partial charge in [0.05, 0.1) is 22.3 Å². The van der Waals surface area contributed by atoms with Crippen LogP contribution in [0.3, 0.4) is 0 Å². The first-order valence-corrected chi connectivity index (χ1v) is 50.9. The average Bonchev–Trinajstić information content (AvgIpc) is 1.59. The van der Waals surface area contributed by atoms with Crippen molar-refractivity contribution in [2.45, 2.75) is 195 Å². The zero-order chi connectivity index (χ0) is 98.9. The van der Waals surface area contributed by atoms with Gasteiger partial charge in [0.15, 0.2) is 11.4 Å². The third-order valence-electron chi connectivity index (χ3n) is 27.8. The van der Waals surface area contributed by atoms with Crippen molar-refractivity contribution >= 4 is 145 Å². The third kappa shape index (κ3) is 22.9. The normalized spacial score (nSPS) is 19.9. The van der Waals surface area contributed by atoms with Crippen LogP contribution < -0.4 is 84.8 Å². The Labute approximate surface area is 850 Å². The van der Waals surface area contributed by atoms with E-state index < -0.39 is 107 Å². The van der Waals surface area contributed by atoms with E-state index in [-0.39, 0.29) is 130 Å². The number of hydrogen-bond donors (Lipinski definition) is 8. The minimum absolute atomic E-state index is 0. The van der Waals surface area contributed by atoms with Gasteiger partial charge in [0.1, 0.15) is 23.9 Å². The fraction of sp³-hybridized carbons (Fsp3) is 0.394.